The van der Waals surface area contributed by atoms with Crippen LogP contribution in [0.2, 0.25) is 0 Å². The number of rotatable bonds is 5. The van der Waals surface area contributed by atoms with E-state index in [4.69, 9.17) is 6.57 Å². The van der Waals surface area contributed by atoms with Gasteiger partial charge in [-0.2, -0.15) is 0 Å². The van der Waals surface area contributed by atoms with E-state index in [9.17, 15) is 5.11 Å². The largest absolute Gasteiger partial charge is 0.392 e. The molecule has 2 nitrogen and oxygen atoms in total. The van der Waals surface area contributed by atoms with Gasteiger partial charge < -0.3 is 9.95 Å². The van der Waals surface area contributed by atoms with Crippen LogP contribution in [0.15, 0.2) is 36.4 Å². The summed E-state index contributed by atoms with van der Waals surface area (Å²) < 4.78 is 0. The van der Waals surface area contributed by atoms with Crippen molar-refractivity contribution in [2.45, 2.75) is 76.9 Å². The van der Waals surface area contributed by atoms with Crippen molar-refractivity contribution in [1.82, 2.24) is 0 Å². The number of nitrogens with zero attached hydrogens (tertiary/aromatic N) is 1. The quantitative estimate of drug-likeness (QED) is 0.562. The lowest BCUT2D eigenvalue weighted by atomic mass is 9.81. The summed E-state index contributed by atoms with van der Waals surface area (Å²) >= 11 is 0. The molecule has 1 fully saturated rings. The molecule has 4 atom stereocenters. The van der Waals surface area contributed by atoms with Gasteiger partial charge in [-0.05, 0) is 29.4 Å². The van der Waals surface area contributed by atoms with Crippen LogP contribution in [0.1, 0.15) is 70.4 Å². The summed E-state index contributed by atoms with van der Waals surface area (Å²) in [5.41, 5.74) is 2.61. The molecule has 1 aliphatic carbocycles. The molecule has 0 radical (unpaired) electrons. The van der Waals surface area contributed by atoms with Crippen molar-refractivity contribution in [3.8, 4) is 0 Å². The average molecular weight is 325 g/mol. The first-order chi connectivity index (χ1) is 11.4. The Bertz CT molecular complexity index is 588. The van der Waals surface area contributed by atoms with Gasteiger partial charge in [0.25, 0.3) is 0 Å². The van der Waals surface area contributed by atoms with Crippen molar-refractivity contribution in [3.05, 3.63) is 59.0 Å². The van der Waals surface area contributed by atoms with E-state index in [0.29, 0.717) is 6.42 Å². The summed E-state index contributed by atoms with van der Waals surface area (Å²) in [6, 6.07) is 8.60. The molecule has 1 N–H and O–H groups in total. The smallest absolute Gasteiger partial charge is 0.230 e. The average Bonchev–Trinajstić information content (AvgIpc) is 2.86. The van der Waals surface area contributed by atoms with E-state index in [1.54, 1.807) is 0 Å². The van der Waals surface area contributed by atoms with E-state index in [1.165, 1.54) is 11.1 Å². The molecule has 2 heteroatoms. The highest BCUT2D eigenvalue weighted by atomic mass is 16.3. The van der Waals surface area contributed by atoms with E-state index in [2.05, 4.69) is 69.0 Å². The van der Waals surface area contributed by atoms with Crippen LogP contribution in [0.3, 0.4) is 0 Å². The van der Waals surface area contributed by atoms with Gasteiger partial charge in [0.1, 0.15) is 0 Å². The van der Waals surface area contributed by atoms with Crippen LogP contribution < -0.4 is 0 Å². The predicted molar refractivity (Wildman–Crippen MR) is 101 cm³/mol. The van der Waals surface area contributed by atoms with E-state index >= 15 is 0 Å². The number of hydrogen-bond acceptors (Lipinski definition) is 1. The fraction of sp³-hybridized carbons (Fsp3) is 0.591. The molecule has 0 spiro atoms. The molecule has 0 saturated heterocycles. The lowest BCUT2D eigenvalue weighted by Crippen LogP contribution is -2.19. The number of hydrogen-bond donors (Lipinski definition) is 1. The molecule has 2 rings (SSSR count). The highest BCUT2D eigenvalue weighted by molar-refractivity contribution is 5.32. The summed E-state index contributed by atoms with van der Waals surface area (Å²) in [6.07, 6.45) is 7.73. The van der Waals surface area contributed by atoms with Gasteiger partial charge in [0.15, 0.2) is 0 Å². The Morgan fingerprint density at radius 2 is 1.88 bits per heavy atom. The van der Waals surface area contributed by atoms with Crippen LogP contribution in [0.25, 0.3) is 4.85 Å². The van der Waals surface area contributed by atoms with Crippen LogP contribution in [0.4, 0.5) is 0 Å². The van der Waals surface area contributed by atoms with Gasteiger partial charge >= 0.3 is 0 Å². The summed E-state index contributed by atoms with van der Waals surface area (Å²) in [4.78, 5) is 3.81. The minimum atomic E-state index is -0.408. The van der Waals surface area contributed by atoms with Crippen molar-refractivity contribution in [1.29, 1.82) is 0 Å². The standard InChI is InChI=1S/C22H31NO/c1-6-7-8-9-10-18-19(23-5)15-20(24)21(18)16-11-13-17(14-12-16)22(2,3)4/h8-9,11-14,18-21,24H,6-7,10,15H2,1-4H3/b9-8-/t18?,19-,20-,21?/m1/s1. The Morgan fingerprint density at radius 1 is 1.21 bits per heavy atom. The summed E-state index contributed by atoms with van der Waals surface area (Å²) in [7, 11) is 0. The van der Waals surface area contributed by atoms with Gasteiger partial charge in [-0.25, -0.2) is 6.57 Å². The Morgan fingerprint density at radius 3 is 2.42 bits per heavy atom. The molecule has 1 aromatic rings. The second-order valence-corrected chi connectivity index (χ2v) is 8.06. The zero-order chi connectivity index (χ0) is 17.7. The monoisotopic (exact) mass is 325 g/mol. The van der Waals surface area contributed by atoms with E-state index < -0.39 is 6.10 Å². The van der Waals surface area contributed by atoms with Gasteiger partial charge in [-0.1, -0.05) is 70.5 Å². The van der Waals surface area contributed by atoms with Crippen LogP contribution in [-0.2, 0) is 5.41 Å². The minimum Gasteiger partial charge on any atom is -0.392 e. The molecule has 130 valence electrons. The van der Waals surface area contributed by atoms with E-state index in [-0.39, 0.29) is 23.3 Å². The topological polar surface area (TPSA) is 24.6 Å². The van der Waals surface area contributed by atoms with E-state index in [0.717, 1.165) is 19.3 Å². The summed E-state index contributed by atoms with van der Waals surface area (Å²) in [6.45, 7) is 16.3. The minimum absolute atomic E-state index is 0.0708. The molecule has 1 saturated carbocycles. The second-order valence-electron chi connectivity index (χ2n) is 8.06. The Kier molecular flexibility index (Phi) is 6.24. The molecule has 1 aromatic carbocycles. The fourth-order valence-electron chi connectivity index (χ4n) is 3.76. The number of aliphatic hydroxyl groups is 1. The van der Waals surface area contributed by atoms with Gasteiger partial charge in [-0.15, -0.1) is 0 Å². The van der Waals surface area contributed by atoms with Crippen molar-refractivity contribution in [2.24, 2.45) is 5.92 Å². The molecular weight excluding hydrogens is 294 g/mol. The highest BCUT2D eigenvalue weighted by Gasteiger charge is 2.46. The third-order valence-corrected chi connectivity index (χ3v) is 5.21. The maximum Gasteiger partial charge on any atom is 0.230 e. The Balaban J connectivity index is 2.22. The molecule has 0 heterocycles. The van der Waals surface area contributed by atoms with Gasteiger partial charge in [-0.3, -0.25) is 0 Å². The lowest BCUT2D eigenvalue weighted by molar-refractivity contribution is 0.155. The summed E-state index contributed by atoms with van der Waals surface area (Å²) in [5.74, 6) is 0.287. The Hall–Kier alpha value is -1.59. The first-order valence-corrected chi connectivity index (χ1v) is 9.18. The number of allylic oxidation sites excluding steroid dienone is 2. The zero-order valence-electron chi connectivity index (χ0n) is 15.5. The lowest BCUT2D eigenvalue weighted by Gasteiger charge is -2.23. The molecule has 0 aliphatic heterocycles. The molecule has 0 aromatic heterocycles. The fourth-order valence-corrected chi connectivity index (χ4v) is 3.76. The highest BCUT2D eigenvalue weighted by Crippen LogP contribution is 2.44. The Labute approximate surface area is 147 Å². The van der Waals surface area contributed by atoms with Crippen molar-refractivity contribution in [3.63, 3.8) is 0 Å². The predicted octanol–water partition coefficient (Wildman–Crippen LogP) is 5.48. The summed E-state index contributed by atoms with van der Waals surface area (Å²) in [5, 5.41) is 10.6. The molecular formula is C22H31NO. The number of benzene rings is 1. The maximum absolute atomic E-state index is 10.6. The second kappa shape index (κ2) is 7.99. The van der Waals surface area contributed by atoms with Gasteiger partial charge in [0.05, 0.1) is 6.10 Å². The molecule has 24 heavy (non-hydrogen) atoms. The first-order valence-electron chi connectivity index (χ1n) is 9.18. The molecule has 0 bridgehead atoms. The zero-order valence-corrected chi connectivity index (χ0v) is 15.5. The van der Waals surface area contributed by atoms with Crippen LogP contribution >= 0.6 is 0 Å². The third kappa shape index (κ3) is 4.28. The number of aliphatic hydroxyl groups excluding tert-OH is 1. The molecule has 0 amide bonds. The normalized spacial score (nSPS) is 27.5. The maximum atomic E-state index is 10.6. The molecule has 1 aliphatic rings. The van der Waals surface area contributed by atoms with Gasteiger partial charge in [0.2, 0.25) is 6.04 Å². The van der Waals surface area contributed by atoms with Crippen LogP contribution in [-0.4, -0.2) is 17.3 Å². The van der Waals surface area contributed by atoms with Gasteiger partial charge in [0, 0.05) is 18.3 Å². The first kappa shape index (κ1) is 18.7. The van der Waals surface area contributed by atoms with Crippen LogP contribution in [0, 0.1) is 12.5 Å². The van der Waals surface area contributed by atoms with Crippen LogP contribution in [0.5, 0.6) is 0 Å². The SMILES string of the molecule is [C-]#[N+][C@@H]1C[C@@H](O)C(c2ccc(C(C)(C)C)cc2)C1C/C=C\CCC. The number of unbranched alkanes of at least 4 members (excludes halogenated alkanes) is 1. The molecule has 2 unspecified atom stereocenters. The van der Waals surface area contributed by atoms with Crippen molar-refractivity contribution < 1.29 is 5.11 Å². The van der Waals surface area contributed by atoms with Crippen molar-refractivity contribution in [2.75, 3.05) is 0 Å². The van der Waals surface area contributed by atoms with E-state index in [1.807, 2.05) is 0 Å². The third-order valence-electron chi connectivity index (χ3n) is 5.21. The van der Waals surface area contributed by atoms with Crippen molar-refractivity contribution >= 4 is 0 Å².